The fourth-order valence-corrected chi connectivity index (χ4v) is 6.83. The second kappa shape index (κ2) is 10.9. The van der Waals surface area contributed by atoms with Crippen LogP contribution in [0, 0.1) is 0 Å². The number of aromatic nitrogens is 1. The van der Waals surface area contributed by atoms with Gasteiger partial charge in [-0.1, -0.05) is 53.3 Å². The first-order valence-electron chi connectivity index (χ1n) is 12.1. The molecule has 1 aliphatic heterocycles. The molecule has 2 heterocycles. The molecule has 1 fully saturated rings. The first kappa shape index (κ1) is 26.4. The number of ether oxygens (including phenoxy) is 1. The van der Waals surface area contributed by atoms with Crippen LogP contribution < -0.4 is 9.64 Å². The number of hydrogen-bond donors (Lipinski definition) is 0. The molecule has 38 heavy (non-hydrogen) atoms. The summed E-state index contributed by atoms with van der Waals surface area (Å²) in [4.78, 5) is 22.0. The highest BCUT2D eigenvalue weighted by molar-refractivity contribution is 7.89. The highest BCUT2D eigenvalue weighted by Gasteiger charge is 2.26. The summed E-state index contributed by atoms with van der Waals surface area (Å²) in [5.74, 6) is 0.446. The molecule has 0 radical (unpaired) electrons. The van der Waals surface area contributed by atoms with Crippen molar-refractivity contribution in [2.75, 3.05) is 45.2 Å². The molecule has 11 heteroatoms. The molecule has 0 atom stereocenters. The quantitative estimate of drug-likeness (QED) is 0.319. The highest BCUT2D eigenvalue weighted by atomic mass is 35.5. The maximum Gasteiger partial charge on any atom is 0.253 e. The third kappa shape index (κ3) is 5.22. The van der Waals surface area contributed by atoms with Crippen molar-refractivity contribution in [1.82, 2.24) is 14.2 Å². The minimum atomic E-state index is -3.68. The van der Waals surface area contributed by atoms with Crippen molar-refractivity contribution < 1.29 is 17.9 Å². The first-order valence-corrected chi connectivity index (χ1v) is 14.7. The maximum absolute atomic E-state index is 13.1. The normalized spacial score (nSPS) is 14.3. The van der Waals surface area contributed by atoms with Gasteiger partial charge in [-0.25, -0.2) is 13.4 Å². The topological polar surface area (TPSA) is 83.0 Å². The van der Waals surface area contributed by atoms with E-state index in [1.165, 1.54) is 16.4 Å². The van der Waals surface area contributed by atoms with E-state index in [4.69, 9.17) is 21.3 Å². The predicted octanol–water partition coefficient (Wildman–Crippen LogP) is 4.74. The predicted molar refractivity (Wildman–Crippen MR) is 151 cm³/mol. The SMILES string of the molecule is COc1c(Cl)ccc2sc(N3CCN(C(=O)c4ccc(S(=O)(=O)N(C)Cc5ccccc5)cc4)CC3)nc12. The van der Waals surface area contributed by atoms with E-state index in [9.17, 15) is 13.2 Å². The number of rotatable bonds is 7. The molecule has 1 amide bonds. The third-order valence-electron chi connectivity index (χ3n) is 6.55. The lowest BCUT2D eigenvalue weighted by atomic mass is 10.2. The molecule has 8 nitrogen and oxygen atoms in total. The zero-order valence-electron chi connectivity index (χ0n) is 21.0. The average molecular weight is 571 g/mol. The van der Waals surface area contributed by atoms with E-state index in [1.54, 1.807) is 48.6 Å². The molecule has 0 N–H and O–H groups in total. The molecule has 1 aliphatic rings. The molecule has 0 spiro atoms. The van der Waals surface area contributed by atoms with Crippen molar-refractivity contribution in [3.8, 4) is 5.75 Å². The van der Waals surface area contributed by atoms with Crippen LogP contribution in [0.25, 0.3) is 10.2 Å². The van der Waals surface area contributed by atoms with Gasteiger partial charge >= 0.3 is 0 Å². The van der Waals surface area contributed by atoms with E-state index in [0.717, 1.165) is 20.9 Å². The van der Waals surface area contributed by atoms with Gasteiger partial charge < -0.3 is 14.5 Å². The number of carbonyl (C=O) groups excluding carboxylic acids is 1. The standard InChI is InChI=1S/C27H27ClN4O4S2/c1-30(18-19-6-4-3-5-7-19)38(34,35)21-10-8-20(9-11-21)26(33)31-14-16-32(17-15-31)27-29-24-23(37-27)13-12-22(28)25(24)36-2/h3-13H,14-18H2,1-2H3. The second-order valence-electron chi connectivity index (χ2n) is 8.97. The fraction of sp³-hybridized carbons (Fsp3) is 0.259. The van der Waals surface area contributed by atoms with Crippen molar-refractivity contribution in [2.24, 2.45) is 0 Å². The smallest absolute Gasteiger partial charge is 0.253 e. The Hall–Kier alpha value is -3.18. The van der Waals surface area contributed by atoms with Crippen LogP contribution >= 0.6 is 22.9 Å². The Morgan fingerprint density at radius 2 is 1.71 bits per heavy atom. The van der Waals surface area contributed by atoms with E-state index < -0.39 is 10.0 Å². The van der Waals surface area contributed by atoms with Gasteiger partial charge in [0.2, 0.25) is 10.0 Å². The summed E-state index contributed by atoms with van der Waals surface area (Å²) in [6.07, 6.45) is 0. The van der Waals surface area contributed by atoms with Gasteiger partial charge in [-0.2, -0.15) is 4.31 Å². The number of nitrogens with zero attached hydrogens (tertiary/aromatic N) is 4. The molecule has 0 bridgehead atoms. The molecule has 3 aromatic carbocycles. The van der Waals surface area contributed by atoms with Gasteiger partial charge in [0.1, 0.15) is 5.52 Å². The van der Waals surface area contributed by atoms with E-state index in [0.29, 0.717) is 42.5 Å². The maximum atomic E-state index is 13.1. The number of benzene rings is 3. The Morgan fingerprint density at radius 1 is 1.03 bits per heavy atom. The van der Waals surface area contributed by atoms with Crippen LogP contribution in [-0.2, 0) is 16.6 Å². The number of methoxy groups -OCH3 is 1. The third-order valence-corrected chi connectivity index (χ3v) is 9.75. The summed E-state index contributed by atoms with van der Waals surface area (Å²) in [5, 5.41) is 1.38. The average Bonchev–Trinajstić information content (AvgIpc) is 3.38. The Bertz CT molecular complexity index is 1550. The lowest BCUT2D eigenvalue weighted by Gasteiger charge is -2.34. The number of carbonyl (C=O) groups is 1. The van der Waals surface area contributed by atoms with Gasteiger partial charge in [-0.15, -0.1) is 0 Å². The molecule has 0 saturated carbocycles. The number of sulfonamides is 1. The number of amides is 1. The minimum absolute atomic E-state index is 0.121. The summed E-state index contributed by atoms with van der Waals surface area (Å²) in [6, 6.07) is 19.3. The zero-order chi connectivity index (χ0) is 26.9. The molecule has 1 saturated heterocycles. The summed E-state index contributed by atoms with van der Waals surface area (Å²) in [6.45, 7) is 2.61. The number of fused-ring (bicyclic) bond motifs is 1. The van der Waals surface area contributed by atoms with Gasteiger partial charge in [0.05, 0.1) is 21.7 Å². The summed E-state index contributed by atoms with van der Waals surface area (Å²) in [5.41, 5.74) is 2.10. The van der Waals surface area contributed by atoms with Crippen molar-refractivity contribution in [3.63, 3.8) is 0 Å². The molecule has 0 unspecified atom stereocenters. The number of halogens is 1. The van der Waals surface area contributed by atoms with E-state index in [-0.39, 0.29) is 17.3 Å². The molecular formula is C27H27ClN4O4S2. The van der Waals surface area contributed by atoms with Crippen LogP contribution in [0.2, 0.25) is 5.02 Å². The van der Waals surface area contributed by atoms with Gasteiger partial charge in [0, 0.05) is 45.3 Å². The second-order valence-corrected chi connectivity index (χ2v) is 12.4. The molecule has 4 aromatic rings. The Kier molecular flexibility index (Phi) is 7.58. The van der Waals surface area contributed by atoms with Gasteiger partial charge in [-0.05, 0) is 42.0 Å². The Balaban J connectivity index is 1.23. The molecule has 0 aliphatic carbocycles. The largest absolute Gasteiger partial charge is 0.493 e. The van der Waals surface area contributed by atoms with Gasteiger partial charge in [0.15, 0.2) is 10.9 Å². The van der Waals surface area contributed by atoms with Crippen LogP contribution in [0.1, 0.15) is 15.9 Å². The molecular weight excluding hydrogens is 544 g/mol. The zero-order valence-corrected chi connectivity index (χ0v) is 23.4. The van der Waals surface area contributed by atoms with Crippen LogP contribution in [-0.4, -0.2) is 68.9 Å². The van der Waals surface area contributed by atoms with E-state index in [2.05, 4.69) is 4.90 Å². The van der Waals surface area contributed by atoms with Crippen LogP contribution in [0.3, 0.4) is 0 Å². The summed E-state index contributed by atoms with van der Waals surface area (Å²) < 4.78 is 33.8. The Labute approximate surface area is 231 Å². The highest BCUT2D eigenvalue weighted by Crippen LogP contribution is 2.38. The van der Waals surface area contributed by atoms with E-state index in [1.807, 2.05) is 36.4 Å². The van der Waals surface area contributed by atoms with Crippen LogP contribution in [0.4, 0.5) is 5.13 Å². The Morgan fingerprint density at radius 3 is 2.37 bits per heavy atom. The van der Waals surface area contributed by atoms with E-state index >= 15 is 0 Å². The number of hydrogen-bond acceptors (Lipinski definition) is 7. The van der Waals surface area contributed by atoms with Gasteiger partial charge in [0.25, 0.3) is 5.91 Å². The number of thiazole rings is 1. The lowest BCUT2D eigenvalue weighted by molar-refractivity contribution is 0.0746. The van der Waals surface area contributed by atoms with Crippen molar-refractivity contribution in [3.05, 3.63) is 82.9 Å². The van der Waals surface area contributed by atoms with Crippen molar-refractivity contribution in [1.29, 1.82) is 0 Å². The number of piperazine rings is 1. The minimum Gasteiger partial charge on any atom is -0.493 e. The monoisotopic (exact) mass is 570 g/mol. The summed E-state index contributed by atoms with van der Waals surface area (Å²) >= 11 is 7.81. The molecule has 198 valence electrons. The first-order chi connectivity index (χ1) is 18.3. The molecule has 1 aromatic heterocycles. The van der Waals surface area contributed by atoms with Gasteiger partial charge in [-0.3, -0.25) is 4.79 Å². The number of anilines is 1. The summed E-state index contributed by atoms with van der Waals surface area (Å²) in [7, 11) is -0.552. The van der Waals surface area contributed by atoms with Crippen molar-refractivity contribution in [2.45, 2.75) is 11.4 Å². The van der Waals surface area contributed by atoms with Crippen LogP contribution in [0.15, 0.2) is 71.6 Å². The molecule has 5 rings (SSSR count). The van der Waals surface area contributed by atoms with Crippen molar-refractivity contribution >= 4 is 54.2 Å². The fourth-order valence-electron chi connectivity index (χ4n) is 4.42. The van der Waals surface area contributed by atoms with Crippen LogP contribution in [0.5, 0.6) is 5.75 Å². The lowest BCUT2D eigenvalue weighted by Crippen LogP contribution is -2.48.